The summed E-state index contributed by atoms with van der Waals surface area (Å²) in [6, 6.07) is 11.0. The average Bonchev–Trinajstić information content (AvgIpc) is 3.47. The van der Waals surface area contributed by atoms with E-state index in [1.54, 1.807) is 36.1 Å². The molecule has 3 aromatic rings. The van der Waals surface area contributed by atoms with E-state index in [0.29, 0.717) is 22.8 Å². The third-order valence-electron chi connectivity index (χ3n) is 6.94. The summed E-state index contributed by atoms with van der Waals surface area (Å²) < 4.78 is 20.7. The van der Waals surface area contributed by atoms with Gasteiger partial charge in [0, 0.05) is 17.8 Å². The molecule has 8 heteroatoms. The molecule has 1 aliphatic carbocycles. The average molecular weight is 465 g/mol. The van der Waals surface area contributed by atoms with E-state index in [0.717, 1.165) is 25.7 Å². The summed E-state index contributed by atoms with van der Waals surface area (Å²) in [6.07, 6.45) is 9.17. The maximum Gasteiger partial charge on any atom is 0.277 e. The number of carbonyl (C=O) groups excluding carboxylic acids is 2. The smallest absolute Gasteiger partial charge is 0.277 e. The van der Waals surface area contributed by atoms with Crippen molar-refractivity contribution in [3.63, 3.8) is 0 Å². The first-order valence-electron chi connectivity index (χ1n) is 12.0. The molecule has 5 rings (SSSR count). The number of benzene rings is 1. The predicted octanol–water partition coefficient (Wildman–Crippen LogP) is 4.93. The van der Waals surface area contributed by atoms with E-state index in [1.807, 2.05) is 0 Å². The van der Waals surface area contributed by atoms with E-state index in [-0.39, 0.29) is 24.4 Å². The van der Waals surface area contributed by atoms with E-state index in [1.165, 1.54) is 48.4 Å². The van der Waals surface area contributed by atoms with E-state index < -0.39 is 11.4 Å². The predicted molar refractivity (Wildman–Crippen MR) is 126 cm³/mol. The Hall–Kier alpha value is -3.42. The molecule has 0 radical (unpaired) electrons. The molecule has 1 atom stereocenters. The highest BCUT2D eigenvalue weighted by atomic mass is 19.1. The lowest BCUT2D eigenvalue weighted by atomic mass is 9.91. The highest BCUT2D eigenvalue weighted by Gasteiger charge is 2.49. The lowest BCUT2D eigenvalue weighted by Crippen LogP contribution is -2.65. The molecule has 1 N–H and O–H groups in total. The van der Waals surface area contributed by atoms with Crippen LogP contribution < -0.4 is 10.2 Å². The van der Waals surface area contributed by atoms with Gasteiger partial charge in [0.25, 0.3) is 5.91 Å². The first-order chi connectivity index (χ1) is 16.5. The summed E-state index contributed by atoms with van der Waals surface area (Å²) in [6.45, 7) is 1.93. The van der Waals surface area contributed by atoms with E-state index in [2.05, 4.69) is 10.4 Å². The fraction of sp³-hybridized carbons (Fsp3) is 0.423. The molecular formula is C26H29FN4O3. The zero-order valence-corrected chi connectivity index (χ0v) is 19.3. The van der Waals surface area contributed by atoms with E-state index >= 15 is 0 Å². The van der Waals surface area contributed by atoms with Crippen LogP contribution in [0.4, 0.5) is 10.1 Å². The molecule has 7 nitrogen and oxygen atoms in total. The van der Waals surface area contributed by atoms with E-state index in [4.69, 9.17) is 4.42 Å². The van der Waals surface area contributed by atoms with Crippen LogP contribution in [0.1, 0.15) is 62.4 Å². The maximum absolute atomic E-state index is 13.8. The van der Waals surface area contributed by atoms with Crippen molar-refractivity contribution in [2.45, 2.75) is 70.0 Å². The quantitative estimate of drug-likeness (QED) is 0.594. The molecule has 1 saturated carbocycles. The van der Waals surface area contributed by atoms with Crippen LogP contribution in [0.15, 0.2) is 53.1 Å². The van der Waals surface area contributed by atoms with Gasteiger partial charge in [-0.05, 0) is 56.2 Å². The number of aromatic nitrogens is 2. The lowest BCUT2D eigenvalue weighted by Gasteiger charge is -2.43. The van der Waals surface area contributed by atoms with Crippen molar-refractivity contribution in [2.75, 3.05) is 4.90 Å². The lowest BCUT2D eigenvalue weighted by molar-refractivity contribution is -0.127. The minimum Gasteiger partial charge on any atom is -0.463 e. The van der Waals surface area contributed by atoms with Crippen LogP contribution in [0.5, 0.6) is 0 Å². The molecule has 0 spiro atoms. The number of fused-ring (bicyclic) bond motifs is 1. The number of amides is 2. The van der Waals surface area contributed by atoms with Gasteiger partial charge in [-0.3, -0.25) is 19.2 Å². The molecule has 0 saturated heterocycles. The molecule has 2 amide bonds. The Morgan fingerprint density at radius 3 is 2.50 bits per heavy atom. The molecule has 1 aromatic carbocycles. The van der Waals surface area contributed by atoms with Crippen molar-refractivity contribution in [1.82, 2.24) is 15.1 Å². The van der Waals surface area contributed by atoms with Crippen LogP contribution in [0, 0.1) is 5.82 Å². The van der Waals surface area contributed by atoms with Crippen LogP contribution in [0.2, 0.25) is 0 Å². The largest absolute Gasteiger partial charge is 0.463 e. The second-order valence-corrected chi connectivity index (χ2v) is 9.46. The van der Waals surface area contributed by atoms with Gasteiger partial charge in [0.05, 0.1) is 12.8 Å². The van der Waals surface area contributed by atoms with Crippen molar-refractivity contribution in [2.24, 2.45) is 0 Å². The minimum atomic E-state index is -1.24. The normalized spacial score (nSPS) is 21.6. The fourth-order valence-electron chi connectivity index (χ4n) is 5.06. The number of carbonyl (C=O) groups is 2. The van der Waals surface area contributed by atoms with Gasteiger partial charge in [0.15, 0.2) is 5.76 Å². The molecule has 0 unspecified atom stereocenters. The summed E-state index contributed by atoms with van der Waals surface area (Å²) in [7, 11) is 0. The van der Waals surface area contributed by atoms with Gasteiger partial charge >= 0.3 is 0 Å². The molecule has 3 heterocycles. The Kier molecular flexibility index (Phi) is 5.98. The third kappa shape index (κ3) is 4.13. The first-order valence-corrected chi connectivity index (χ1v) is 12.0. The van der Waals surface area contributed by atoms with Crippen LogP contribution in [0.3, 0.4) is 0 Å². The van der Waals surface area contributed by atoms with Gasteiger partial charge in [-0.2, -0.15) is 5.10 Å². The summed E-state index contributed by atoms with van der Waals surface area (Å²) in [5, 5.41) is 7.80. The van der Waals surface area contributed by atoms with Gasteiger partial charge in [0.1, 0.15) is 22.7 Å². The van der Waals surface area contributed by atoms with Gasteiger partial charge in [-0.25, -0.2) is 4.39 Å². The number of nitrogens with one attached hydrogen (secondary N) is 1. The van der Waals surface area contributed by atoms with Crippen molar-refractivity contribution >= 4 is 17.5 Å². The van der Waals surface area contributed by atoms with Gasteiger partial charge in [-0.1, -0.05) is 32.1 Å². The van der Waals surface area contributed by atoms with Crippen molar-refractivity contribution in [3.05, 3.63) is 60.2 Å². The van der Waals surface area contributed by atoms with Crippen molar-refractivity contribution in [1.29, 1.82) is 0 Å². The Balaban J connectivity index is 1.52. The Morgan fingerprint density at radius 1 is 1.12 bits per heavy atom. The first kappa shape index (κ1) is 22.4. The van der Waals surface area contributed by atoms with Crippen molar-refractivity contribution < 1.29 is 18.4 Å². The molecule has 1 fully saturated rings. The molecule has 34 heavy (non-hydrogen) atoms. The van der Waals surface area contributed by atoms with Crippen molar-refractivity contribution in [3.8, 4) is 11.5 Å². The number of halogens is 1. The summed E-state index contributed by atoms with van der Waals surface area (Å²) in [4.78, 5) is 29.0. The second-order valence-electron chi connectivity index (χ2n) is 9.46. The topological polar surface area (TPSA) is 80.4 Å². The van der Waals surface area contributed by atoms with Crippen LogP contribution in [-0.4, -0.2) is 33.2 Å². The zero-order chi connectivity index (χ0) is 23.7. The standard InChI is InChI=1S/C26H29FN4O3/c1-26(25(33)28-19-8-5-3-2-4-6-9-19)17-30-22(16-21(29-30)23-10-7-15-34-23)24(32)31(26)20-13-11-18(27)12-14-20/h7,10-16,19H,2-6,8-9,17H2,1H3,(H,28,33)/t26-/m1/s1. The molecule has 178 valence electrons. The number of rotatable bonds is 4. The monoisotopic (exact) mass is 464 g/mol. The Labute approximate surface area is 197 Å². The molecule has 1 aliphatic heterocycles. The number of anilines is 1. The molecule has 2 aliphatic rings. The van der Waals surface area contributed by atoms with E-state index in [9.17, 15) is 14.0 Å². The zero-order valence-electron chi connectivity index (χ0n) is 19.3. The number of nitrogens with zero attached hydrogens (tertiary/aromatic N) is 3. The maximum atomic E-state index is 13.8. The van der Waals surface area contributed by atoms with Crippen LogP contribution in [-0.2, 0) is 11.3 Å². The van der Waals surface area contributed by atoms with Gasteiger partial charge < -0.3 is 9.73 Å². The highest BCUT2D eigenvalue weighted by molar-refractivity contribution is 6.12. The van der Waals surface area contributed by atoms with Gasteiger partial charge in [0.2, 0.25) is 5.91 Å². The SMILES string of the molecule is C[C@]1(C(=O)NC2CCCCCCC2)Cn2nc(-c3ccco3)cc2C(=O)N1c1ccc(F)cc1. The summed E-state index contributed by atoms with van der Waals surface area (Å²) >= 11 is 0. The number of hydrogen-bond acceptors (Lipinski definition) is 4. The summed E-state index contributed by atoms with van der Waals surface area (Å²) in [5.41, 5.74) is 0.106. The number of furan rings is 1. The fourth-order valence-corrected chi connectivity index (χ4v) is 5.06. The van der Waals surface area contributed by atoms with Gasteiger partial charge in [-0.15, -0.1) is 0 Å². The third-order valence-corrected chi connectivity index (χ3v) is 6.94. The van der Waals surface area contributed by atoms with Crippen LogP contribution >= 0.6 is 0 Å². The minimum absolute atomic E-state index is 0.0764. The summed E-state index contributed by atoms with van der Waals surface area (Å²) in [5.74, 6) is -0.447. The molecule has 2 aromatic heterocycles. The molecular weight excluding hydrogens is 435 g/mol. The highest BCUT2D eigenvalue weighted by Crippen LogP contribution is 2.34. The molecule has 0 bridgehead atoms. The Bertz CT molecular complexity index is 1160. The number of hydrogen-bond donors (Lipinski definition) is 1. The Morgan fingerprint density at radius 2 is 1.82 bits per heavy atom. The second kappa shape index (κ2) is 9.08. The van der Waals surface area contributed by atoms with Crippen LogP contribution in [0.25, 0.3) is 11.5 Å².